The lowest BCUT2D eigenvalue weighted by molar-refractivity contribution is -0.119. The van der Waals surface area contributed by atoms with Crippen LogP contribution in [0.1, 0.15) is 30.1 Å². The van der Waals surface area contributed by atoms with Gasteiger partial charge in [0.25, 0.3) is 5.91 Å². The molecule has 1 heterocycles. The molecule has 1 atom stereocenters. The fourth-order valence-electron chi connectivity index (χ4n) is 2.15. The highest BCUT2D eigenvalue weighted by Gasteiger charge is 2.21. The van der Waals surface area contributed by atoms with Crippen LogP contribution in [-0.2, 0) is 4.79 Å². The Morgan fingerprint density at radius 3 is 2.95 bits per heavy atom. The molecule has 0 aliphatic carbocycles. The SMILES string of the molecule is CCOc1cc(N)cc(C(=O)NCC2CCC(=O)N2)c1. The predicted octanol–water partition coefficient (Wildman–Crippen LogP) is 0.676. The number of nitrogens with two attached hydrogens (primary N) is 1. The normalized spacial score (nSPS) is 17.6. The number of rotatable bonds is 5. The molecule has 0 spiro atoms. The monoisotopic (exact) mass is 277 g/mol. The lowest BCUT2D eigenvalue weighted by Crippen LogP contribution is -2.38. The van der Waals surface area contributed by atoms with Crippen molar-refractivity contribution in [3.05, 3.63) is 23.8 Å². The number of carbonyl (C=O) groups is 2. The standard InChI is InChI=1S/C14H19N3O3/c1-2-20-12-6-9(5-10(15)7-12)14(19)16-8-11-3-4-13(18)17-11/h5-7,11H,2-4,8,15H2,1H3,(H,16,19)(H,17,18). The van der Waals surface area contributed by atoms with E-state index in [2.05, 4.69) is 10.6 Å². The van der Waals surface area contributed by atoms with Gasteiger partial charge < -0.3 is 21.1 Å². The van der Waals surface area contributed by atoms with Crippen molar-refractivity contribution in [2.75, 3.05) is 18.9 Å². The maximum absolute atomic E-state index is 12.1. The van der Waals surface area contributed by atoms with Gasteiger partial charge >= 0.3 is 0 Å². The van der Waals surface area contributed by atoms with Gasteiger partial charge in [0.05, 0.1) is 6.61 Å². The third kappa shape index (κ3) is 3.63. The smallest absolute Gasteiger partial charge is 0.251 e. The van der Waals surface area contributed by atoms with Crippen LogP contribution in [0.25, 0.3) is 0 Å². The topological polar surface area (TPSA) is 93.4 Å². The van der Waals surface area contributed by atoms with Gasteiger partial charge in [0, 0.05) is 36.3 Å². The van der Waals surface area contributed by atoms with E-state index in [1.165, 1.54) is 0 Å². The summed E-state index contributed by atoms with van der Waals surface area (Å²) in [6.07, 6.45) is 1.27. The Kier molecular flexibility index (Phi) is 4.45. The van der Waals surface area contributed by atoms with Crippen molar-refractivity contribution in [3.63, 3.8) is 0 Å². The number of anilines is 1. The molecular formula is C14H19N3O3. The number of hydrogen-bond acceptors (Lipinski definition) is 4. The van der Waals surface area contributed by atoms with Crippen LogP contribution in [0, 0.1) is 0 Å². The predicted molar refractivity (Wildman–Crippen MR) is 75.5 cm³/mol. The number of amides is 2. The Hall–Kier alpha value is -2.24. The van der Waals surface area contributed by atoms with Gasteiger partial charge in [-0.2, -0.15) is 0 Å². The molecule has 0 aromatic heterocycles. The highest BCUT2D eigenvalue weighted by molar-refractivity contribution is 5.95. The molecule has 2 rings (SSSR count). The van der Waals surface area contributed by atoms with Crippen molar-refractivity contribution < 1.29 is 14.3 Å². The van der Waals surface area contributed by atoms with Crippen LogP contribution in [0.15, 0.2) is 18.2 Å². The second kappa shape index (κ2) is 6.27. The molecule has 4 N–H and O–H groups in total. The summed E-state index contributed by atoms with van der Waals surface area (Å²) in [5.74, 6) is 0.387. The van der Waals surface area contributed by atoms with Gasteiger partial charge in [-0.3, -0.25) is 9.59 Å². The molecular weight excluding hydrogens is 258 g/mol. The summed E-state index contributed by atoms with van der Waals surface area (Å²) in [5, 5.41) is 5.59. The highest BCUT2D eigenvalue weighted by Crippen LogP contribution is 2.19. The zero-order valence-electron chi connectivity index (χ0n) is 11.4. The highest BCUT2D eigenvalue weighted by atomic mass is 16.5. The van der Waals surface area contributed by atoms with Crippen molar-refractivity contribution in [3.8, 4) is 5.75 Å². The van der Waals surface area contributed by atoms with E-state index in [0.29, 0.717) is 36.6 Å². The molecule has 6 nitrogen and oxygen atoms in total. The largest absolute Gasteiger partial charge is 0.494 e. The first-order valence-electron chi connectivity index (χ1n) is 6.69. The number of nitrogen functional groups attached to an aromatic ring is 1. The van der Waals surface area contributed by atoms with E-state index < -0.39 is 0 Å². The molecule has 2 amide bonds. The zero-order valence-corrected chi connectivity index (χ0v) is 11.4. The van der Waals surface area contributed by atoms with Crippen LogP contribution in [-0.4, -0.2) is 31.0 Å². The first-order valence-corrected chi connectivity index (χ1v) is 6.69. The number of hydrogen-bond donors (Lipinski definition) is 3. The Labute approximate surface area is 117 Å². The van der Waals surface area contributed by atoms with Crippen LogP contribution in [0.4, 0.5) is 5.69 Å². The number of benzene rings is 1. The van der Waals surface area contributed by atoms with Crippen LogP contribution >= 0.6 is 0 Å². The van der Waals surface area contributed by atoms with E-state index in [4.69, 9.17) is 10.5 Å². The molecule has 0 bridgehead atoms. The summed E-state index contributed by atoms with van der Waals surface area (Å²) < 4.78 is 5.35. The van der Waals surface area contributed by atoms with Gasteiger partial charge in [-0.1, -0.05) is 0 Å². The molecule has 0 radical (unpaired) electrons. The van der Waals surface area contributed by atoms with Gasteiger partial charge in [0.2, 0.25) is 5.91 Å². The van der Waals surface area contributed by atoms with Gasteiger partial charge in [0.15, 0.2) is 0 Å². The molecule has 1 aromatic rings. The summed E-state index contributed by atoms with van der Waals surface area (Å²) in [6, 6.07) is 4.95. The Bertz CT molecular complexity index is 516. The van der Waals surface area contributed by atoms with Crippen molar-refractivity contribution in [1.82, 2.24) is 10.6 Å². The van der Waals surface area contributed by atoms with E-state index in [9.17, 15) is 9.59 Å². The van der Waals surface area contributed by atoms with Crippen molar-refractivity contribution in [2.45, 2.75) is 25.8 Å². The third-order valence-electron chi connectivity index (χ3n) is 3.10. The van der Waals surface area contributed by atoms with Gasteiger partial charge in [-0.05, 0) is 25.5 Å². The van der Waals surface area contributed by atoms with Gasteiger partial charge in [0.1, 0.15) is 5.75 Å². The molecule has 108 valence electrons. The fourth-order valence-corrected chi connectivity index (χ4v) is 2.15. The van der Waals surface area contributed by atoms with Gasteiger partial charge in [-0.25, -0.2) is 0 Å². The van der Waals surface area contributed by atoms with E-state index in [1.54, 1.807) is 18.2 Å². The maximum atomic E-state index is 12.1. The lowest BCUT2D eigenvalue weighted by Gasteiger charge is -2.12. The molecule has 1 aliphatic rings. The first kappa shape index (κ1) is 14.2. The molecule has 1 saturated heterocycles. The fraction of sp³-hybridized carbons (Fsp3) is 0.429. The summed E-state index contributed by atoms with van der Waals surface area (Å²) in [5.41, 5.74) is 6.68. The maximum Gasteiger partial charge on any atom is 0.251 e. The van der Waals surface area contributed by atoms with E-state index >= 15 is 0 Å². The Morgan fingerprint density at radius 2 is 2.30 bits per heavy atom. The van der Waals surface area contributed by atoms with Crippen LogP contribution in [0.3, 0.4) is 0 Å². The van der Waals surface area contributed by atoms with Crippen molar-refractivity contribution in [1.29, 1.82) is 0 Å². The van der Waals surface area contributed by atoms with Gasteiger partial charge in [-0.15, -0.1) is 0 Å². The summed E-state index contributed by atoms with van der Waals surface area (Å²) >= 11 is 0. The Balaban J connectivity index is 1.96. The number of ether oxygens (including phenoxy) is 1. The van der Waals surface area contributed by atoms with Crippen molar-refractivity contribution >= 4 is 17.5 Å². The summed E-state index contributed by atoms with van der Waals surface area (Å²) in [7, 11) is 0. The van der Waals surface area contributed by atoms with Crippen LogP contribution in [0.2, 0.25) is 0 Å². The second-order valence-corrected chi connectivity index (χ2v) is 4.74. The zero-order chi connectivity index (χ0) is 14.5. The van der Waals surface area contributed by atoms with E-state index in [-0.39, 0.29) is 17.9 Å². The first-order chi connectivity index (χ1) is 9.58. The summed E-state index contributed by atoms with van der Waals surface area (Å²) in [6.45, 7) is 2.80. The molecule has 1 fully saturated rings. The number of nitrogens with one attached hydrogen (secondary N) is 2. The average molecular weight is 277 g/mol. The van der Waals surface area contributed by atoms with Crippen LogP contribution in [0.5, 0.6) is 5.75 Å². The molecule has 1 aromatic carbocycles. The Morgan fingerprint density at radius 1 is 1.50 bits per heavy atom. The summed E-state index contributed by atoms with van der Waals surface area (Å²) in [4.78, 5) is 23.1. The molecule has 6 heteroatoms. The minimum Gasteiger partial charge on any atom is -0.494 e. The average Bonchev–Trinajstić information content (AvgIpc) is 2.81. The van der Waals surface area contributed by atoms with Crippen molar-refractivity contribution in [2.24, 2.45) is 0 Å². The second-order valence-electron chi connectivity index (χ2n) is 4.74. The van der Waals surface area contributed by atoms with Crippen LogP contribution < -0.4 is 21.1 Å². The van der Waals surface area contributed by atoms with E-state index in [1.807, 2.05) is 6.92 Å². The molecule has 1 unspecified atom stereocenters. The minimum atomic E-state index is -0.223. The molecule has 20 heavy (non-hydrogen) atoms. The minimum absolute atomic E-state index is 0.0128. The quantitative estimate of drug-likeness (QED) is 0.690. The van der Waals surface area contributed by atoms with E-state index in [0.717, 1.165) is 6.42 Å². The number of carbonyl (C=O) groups excluding carboxylic acids is 2. The lowest BCUT2D eigenvalue weighted by atomic mass is 10.1. The third-order valence-corrected chi connectivity index (χ3v) is 3.10. The molecule has 0 saturated carbocycles. The molecule has 1 aliphatic heterocycles.